The standard InChI is InChI=1S/C12H14N2OS/c1-2-13-7-11-8-14-12(16-11)9-3-5-10(15)6-4-9/h3-6,8,13,15H,2,7H2,1H3. The number of hydrogen-bond donors (Lipinski definition) is 2. The van der Waals surface area contributed by atoms with Crippen LogP contribution in [0, 0.1) is 0 Å². The number of rotatable bonds is 4. The largest absolute Gasteiger partial charge is 0.508 e. The molecule has 1 aromatic carbocycles. The number of phenols is 1. The molecule has 16 heavy (non-hydrogen) atoms. The van der Waals surface area contributed by atoms with E-state index in [1.807, 2.05) is 18.3 Å². The second-order valence-corrected chi connectivity index (χ2v) is 4.57. The van der Waals surface area contributed by atoms with Crippen LogP contribution in [0.2, 0.25) is 0 Å². The highest BCUT2D eigenvalue weighted by Crippen LogP contribution is 2.26. The molecule has 0 aliphatic carbocycles. The number of nitrogens with zero attached hydrogens (tertiary/aromatic N) is 1. The van der Waals surface area contributed by atoms with E-state index >= 15 is 0 Å². The Morgan fingerprint density at radius 2 is 2.06 bits per heavy atom. The maximum atomic E-state index is 9.20. The van der Waals surface area contributed by atoms with Crippen molar-refractivity contribution in [2.75, 3.05) is 6.54 Å². The summed E-state index contributed by atoms with van der Waals surface area (Å²) < 4.78 is 0. The first kappa shape index (κ1) is 11.1. The molecule has 0 unspecified atom stereocenters. The van der Waals surface area contributed by atoms with Crippen LogP contribution in [0.15, 0.2) is 30.5 Å². The monoisotopic (exact) mass is 234 g/mol. The van der Waals surface area contributed by atoms with Gasteiger partial charge in [-0.3, -0.25) is 0 Å². The van der Waals surface area contributed by atoms with Gasteiger partial charge in [-0.1, -0.05) is 6.92 Å². The quantitative estimate of drug-likeness (QED) is 0.854. The number of aromatic hydroxyl groups is 1. The average molecular weight is 234 g/mol. The topological polar surface area (TPSA) is 45.2 Å². The van der Waals surface area contributed by atoms with Crippen molar-refractivity contribution < 1.29 is 5.11 Å². The summed E-state index contributed by atoms with van der Waals surface area (Å²) in [5.74, 6) is 0.285. The SMILES string of the molecule is CCNCc1cnc(-c2ccc(O)cc2)s1. The third-order valence-corrected chi connectivity index (χ3v) is 3.26. The molecule has 0 fully saturated rings. The molecule has 84 valence electrons. The molecule has 0 bridgehead atoms. The van der Waals surface area contributed by atoms with Crippen molar-refractivity contribution >= 4 is 11.3 Å². The summed E-state index contributed by atoms with van der Waals surface area (Å²) in [5, 5.41) is 13.5. The van der Waals surface area contributed by atoms with Crippen LogP contribution in [-0.2, 0) is 6.54 Å². The van der Waals surface area contributed by atoms with Crippen LogP contribution in [-0.4, -0.2) is 16.6 Å². The molecule has 0 amide bonds. The number of hydrogen-bond acceptors (Lipinski definition) is 4. The van der Waals surface area contributed by atoms with E-state index in [1.165, 1.54) is 4.88 Å². The second-order valence-electron chi connectivity index (χ2n) is 3.46. The first-order chi connectivity index (χ1) is 7.79. The van der Waals surface area contributed by atoms with Crippen LogP contribution in [0.1, 0.15) is 11.8 Å². The highest BCUT2D eigenvalue weighted by atomic mass is 32.1. The van der Waals surface area contributed by atoms with Gasteiger partial charge in [-0.2, -0.15) is 0 Å². The van der Waals surface area contributed by atoms with Crippen LogP contribution in [0.25, 0.3) is 10.6 Å². The normalized spacial score (nSPS) is 10.6. The molecule has 0 aliphatic rings. The molecule has 0 spiro atoms. The maximum absolute atomic E-state index is 9.20. The predicted molar refractivity (Wildman–Crippen MR) is 66.6 cm³/mol. The van der Waals surface area contributed by atoms with Gasteiger partial charge in [-0.05, 0) is 30.8 Å². The van der Waals surface area contributed by atoms with Crippen molar-refractivity contribution in [3.05, 3.63) is 35.3 Å². The van der Waals surface area contributed by atoms with Crippen LogP contribution < -0.4 is 5.32 Å². The zero-order valence-corrected chi connectivity index (χ0v) is 9.92. The van der Waals surface area contributed by atoms with Gasteiger partial charge < -0.3 is 10.4 Å². The number of benzene rings is 1. The van der Waals surface area contributed by atoms with E-state index in [2.05, 4.69) is 17.2 Å². The Morgan fingerprint density at radius 3 is 2.75 bits per heavy atom. The van der Waals surface area contributed by atoms with Gasteiger partial charge in [0.1, 0.15) is 10.8 Å². The van der Waals surface area contributed by atoms with E-state index in [-0.39, 0.29) is 5.75 Å². The van der Waals surface area contributed by atoms with Gasteiger partial charge in [-0.15, -0.1) is 11.3 Å². The van der Waals surface area contributed by atoms with Gasteiger partial charge in [0.05, 0.1) is 0 Å². The first-order valence-electron chi connectivity index (χ1n) is 5.24. The molecule has 0 radical (unpaired) electrons. The fourth-order valence-electron chi connectivity index (χ4n) is 1.37. The minimum atomic E-state index is 0.285. The molecule has 0 saturated carbocycles. The number of aromatic nitrogens is 1. The summed E-state index contributed by atoms with van der Waals surface area (Å²) in [4.78, 5) is 5.59. The first-order valence-corrected chi connectivity index (χ1v) is 6.06. The smallest absolute Gasteiger partial charge is 0.123 e. The Labute approximate surface area is 98.8 Å². The van der Waals surface area contributed by atoms with E-state index in [1.54, 1.807) is 23.5 Å². The Hall–Kier alpha value is -1.39. The Morgan fingerprint density at radius 1 is 1.31 bits per heavy atom. The molecule has 1 aromatic heterocycles. The molecule has 1 heterocycles. The van der Waals surface area contributed by atoms with E-state index in [0.717, 1.165) is 23.7 Å². The molecule has 0 atom stereocenters. The van der Waals surface area contributed by atoms with Crippen molar-refractivity contribution in [2.24, 2.45) is 0 Å². The zero-order chi connectivity index (χ0) is 11.4. The molecule has 0 saturated heterocycles. The van der Waals surface area contributed by atoms with Gasteiger partial charge in [-0.25, -0.2) is 4.98 Å². The lowest BCUT2D eigenvalue weighted by Crippen LogP contribution is -2.10. The van der Waals surface area contributed by atoms with Gasteiger partial charge >= 0.3 is 0 Å². The lowest BCUT2D eigenvalue weighted by molar-refractivity contribution is 0.475. The molecule has 2 N–H and O–H groups in total. The van der Waals surface area contributed by atoms with Gasteiger partial charge in [0.25, 0.3) is 0 Å². The summed E-state index contributed by atoms with van der Waals surface area (Å²) in [6, 6.07) is 7.12. The molecule has 2 aromatic rings. The van der Waals surface area contributed by atoms with Crippen molar-refractivity contribution in [1.29, 1.82) is 0 Å². The van der Waals surface area contributed by atoms with Crippen molar-refractivity contribution in [2.45, 2.75) is 13.5 Å². The molecular weight excluding hydrogens is 220 g/mol. The summed E-state index contributed by atoms with van der Waals surface area (Å²) in [5.41, 5.74) is 1.05. The summed E-state index contributed by atoms with van der Waals surface area (Å²) in [6.07, 6.45) is 1.90. The Balaban J connectivity index is 2.15. The van der Waals surface area contributed by atoms with E-state index in [0.29, 0.717) is 0 Å². The molecule has 3 nitrogen and oxygen atoms in total. The van der Waals surface area contributed by atoms with Crippen LogP contribution in [0.4, 0.5) is 0 Å². The number of thiazole rings is 1. The zero-order valence-electron chi connectivity index (χ0n) is 9.10. The Bertz CT molecular complexity index is 450. The van der Waals surface area contributed by atoms with Crippen molar-refractivity contribution in [3.8, 4) is 16.3 Å². The van der Waals surface area contributed by atoms with E-state index in [9.17, 15) is 5.11 Å². The van der Waals surface area contributed by atoms with Gasteiger partial charge in [0, 0.05) is 23.2 Å². The molecule has 4 heteroatoms. The molecule has 0 aliphatic heterocycles. The van der Waals surface area contributed by atoms with E-state index in [4.69, 9.17) is 0 Å². The van der Waals surface area contributed by atoms with E-state index < -0.39 is 0 Å². The highest BCUT2D eigenvalue weighted by Gasteiger charge is 2.04. The summed E-state index contributed by atoms with van der Waals surface area (Å²) in [7, 11) is 0. The second kappa shape index (κ2) is 5.09. The lowest BCUT2D eigenvalue weighted by Gasteiger charge is -1.97. The van der Waals surface area contributed by atoms with Gasteiger partial charge in [0.15, 0.2) is 0 Å². The summed E-state index contributed by atoms with van der Waals surface area (Å²) >= 11 is 1.68. The van der Waals surface area contributed by atoms with Crippen molar-refractivity contribution in [3.63, 3.8) is 0 Å². The van der Waals surface area contributed by atoms with Crippen LogP contribution in [0.5, 0.6) is 5.75 Å². The third-order valence-electron chi connectivity index (χ3n) is 2.22. The fraction of sp³-hybridized carbons (Fsp3) is 0.250. The number of phenolic OH excluding ortho intramolecular Hbond substituents is 1. The minimum Gasteiger partial charge on any atom is -0.508 e. The lowest BCUT2D eigenvalue weighted by atomic mass is 10.2. The number of nitrogens with one attached hydrogen (secondary N) is 1. The fourth-order valence-corrected chi connectivity index (χ4v) is 2.26. The average Bonchev–Trinajstić information content (AvgIpc) is 2.76. The molecule has 2 rings (SSSR count). The minimum absolute atomic E-state index is 0.285. The van der Waals surface area contributed by atoms with Gasteiger partial charge in [0.2, 0.25) is 0 Å². The highest BCUT2D eigenvalue weighted by molar-refractivity contribution is 7.15. The van der Waals surface area contributed by atoms with Crippen molar-refractivity contribution in [1.82, 2.24) is 10.3 Å². The van der Waals surface area contributed by atoms with Crippen LogP contribution >= 0.6 is 11.3 Å². The maximum Gasteiger partial charge on any atom is 0.123 e. The third kappa shape index (κ3) is 2.59. The molecular formula is C12H14N2OS. The predicted octanol–water partition coefficient (Wildman–Crippen LogP) is 2.63. The van der Waals surface area contributed by atoms with Crippen LogP contribution in [0.3, 0.4) is 0 Å². The summed E-state index contributed by atoms with van der Waals surface area (Å²) in [6.45, 7) is 3.92. The Kier molecular flexibility index (Phi) is 3.54.